The van der Waals surface area contributed by atoms with Gasteiger partial charge in [-0.1, -0.05) is 42.5 Å². The average Bonchev–Trinajstić information content (AvgIpc) is 2.78. The van der Waals surface area contributed by atoms with E-state index in [9.17, 15) is 4.79 Å². The molecule has 0 aromatic heterocycles. The molecular weight excluding hydrogens is 232 g/mol. The van der Waals surface area contributed by atoms with E-state index in [1.807, 2.05) is 6.08 Å². The van der Waals surface area contributed by atoms with Gasteiger partial charge in [0.15, 0.2) is 5.78 Å². The lowest BCUT2D eigenvalue weighted by atomic mass is 9.88. The zero-order valence-electron chi connectivity index (χ0n) is 10.9. The van der Waals surface area contributed by atoms with E-state index in [0.717, 1.165) is 17.5 Å². The van der Waals surface area contributed by atoms with Gasteiger partial charge in [-0.05, 0) is 46.7 Å². The minimum absolute atomic E-state index is 0.264. The second-order valence-electron chi connectivity index (χ2n) is 5.37. The number of Topliss-reactive ketones (excluding diaryl/α,β-unsaturated/α-hetero) is 1. The Kier molecular flexibility index (Phi) is 2.08. The van der Waals surface area contributed by atoms with Crippen molar-refractivity contribution in [1.29, 1.82) is 0 Å². The molecular formula is C18H14O. The highest BCUT2D eigenvalue weighted by molar-refractivity contribution is 6.06. The van der Waals surface area contributed by atoms with Crippen molar-refractivity contribution < 1.29 is 4.79 Å². The number of fused-ring (bicyclic) bond motifs is 5. The van der Waals surface area contributed by atoms with Crippen molar-refractivity contribution in [2.45, 2.75) is 19.8 Å². The number of allylic oxidation sites excluding steroid dienone is 1. The highest BCUT2D eigenvalue weighted by Crippen LogP contribution is 2.42. The van der Waals surface area contributed by atoms with Gasteiger partial charge in [0, 0.05) is 12.0 Å². The summed E-state index contributed by atoms with van der Waals surface area (Å²) in [7, 11) is 0. The van der Waals surface area contributed by atoms with E-state index in [2.05, 4.69) is 43.3 Å². The molecule has 92 valence electrons. The van der Waals surface area contributed by atoms with Crippen LogP contribution >= 0.6 is 0 Å². The molecule has 0 saturated heterocycles. The summed E-state index contributed by atoms with van der Waals surface area (Å²) in [6.45, 7) is 2.15. The zero-order valence-corrected chi connectivity index (χ0v) is 10.9. The standard InChI is InChI=1S/C18H14O/c1-11-4-2-6-13-10-15-14(17(11)13)9-8-12-5-3-7-16(19)18(12)15/h2-6,8-9H,7,10H2,1H3. The van der Waals surface area contributed by atoms with Crippen LogP contribution in [0.1, 0.15) is 39.0 Å². The number of carbonyl (C=O) groups excluding carboxylic acids is 1. The molecule has 0 amide bonds. The largest absolute Gasteiger partial charge is 0.294 e. The normalized spacial score (nSPS) is 15.1. The van der Waals surface area contributed by atoms with Crippen molar-refractivity contribution in [3.63, 3.8) is 0 Å². The van der Waals surface area contributed by atoms with Crippen LogP contribution < -0.4 is 0 Å². The van der Waals surface area contributed by atoms with Gasteiger partial charge in [-0.3, -0.25) is 4.79 Å². The van der Waals surface area contributed by atoms with Crippen LogP contribution in [0.5, 0.6) is 0 Å². The van der Waals surface area contributed by atoms with Gasteiger partial charge in [-0.15, -0.1) is 0 Å². The molecule has 2 aliphatic carbocycles. The Bertz CT molecular complexity index is 751. The van der Waals surface area contributed by atoms with E-state index in [0.29, 0.717) is 6.42 Å². The summed E-state index contributed by atoms with van der Waals surface area (Å²) in [4.78, 5) is 12.2. The van der Waals surface area contributed by atoms with Crippen LogP contribution in [0.4, 0.5) is 0 Å². The molecule has 2 aliphatic rings. The number of hydrogen-bond donors (Lipinski definition) is 0. The van der Waals surface area contributed by atoms with Crippen molar-refractivity contribution in [3.8, 4) is 11.1 Å². The third-order valence-electron chi connectivity index (χ3n) is 4.22. The fraction of sp³-hybridized carbons (Fsp3) is 0.167. The lowest BCUT2D eigenvalue weighted by molar-refractivity contribution is 0.0994. The van der Waals surface area contributed by atoms with Crippen LogP contribution in [0, 0.1) is 6.92 Å². The topological polar surface area (TPSA) is 17.1 Å². The lowest BCUT2D eigenvalue weighted by Gasteiger charge is -2.14. The third kappa shape index (κ3) is 1.39. The molecule has 0 unspecified atom stereocenters. The Morgan fingerprint density at radius 2 is 1.95 bits per heavy atom. The van der Waals surface area contributed by atoms with E-state index in [4.69, 9.17) is 0 Å². The van der Waals surface area contributed by atoms with Gasteiger partial charge in [-0.25, -0.2) is 0 Å². The molecule has 0 bridgehead atoms. The van der Waals surface area contributed by atoms with Crippen molar-refractivity contribution in [3.05, 3.63) is 64.2 Å². The molecule has 0 radical (unpaired) electrons. The maximum Gasteiger partial charge on any atom is 0.167 e. The summed E-state index contributed by atoms with van der Waals surface area (Å²) in [5.74, 6) is 0.264. The van der Waals surface area contributed by atoms with Gasteiger partial charge in [0.05, 0.1) is 0 Å². The van der Waals surface area contributed by atoms with Crippen molar-refractivity contribution >= 4 is 11.9 Å². The molecule has 0 saturated carbocycles. The Morgan fingerprint density at radius 1 is 1.05 bits per heavy atom. The summed E-state index contributed by atoms with van der Waals surface area (Å²) in [6.07, 6.45) is 5.48. The molecule has 0 spiro atoms. The van der Waals surface area contributed by atoms with Crippen LogP contribution in [0.15, 0.2) is 36.4 Å². The smallest absolute Gasteiger partial charge is 0.167 e. The predicted molar refractivity (Wildman–Crippen MR) is 77.4 cm³/mol. The zero-order chi connectivity index (χ0) is 13.0. The Labute approximate surface area is 112 Å². The second-order valence-corrected chi connectivity index (χ2v) is 5.37. The summed E-state index contributed by atoms with van der Waals surface area (Å²) < 4.78 is 0. The number of hydrogen-bond acceptors (Lipinski definition) is 1. The first-order valence-electron chi connectivity index (χ1n) is 6.70. The lowest BCUT2D eigenvalue weighted by Crippen LogP contribution is -2.08. The molecule has 2 aromatic rings. The predicted octanol–water partition coefficient (Wildman–Crippen LogP) is 4.17. The SMILES string of the molecule is Cc1cccc2c1-c1ccc3c(c1C2)C(=O)CC=C3. The van der Waals surface area contributed by atoms with Gasteiger partial charge < -0.3 is 0 Å². The number of rotatable bonds is 0. The molecule has 19 heavy (non-hydrogen) atoms. The minimum atomic E-state index is 0.264. The first kappa shape index (κ1) is 10.7. The average molecular weight is 246 g/mol. The summed E-state index contributed by atoms with van der Waals surface area (Å²) >= 11 is 0. The van der Waals surface area contributed by atoms with E-state index in [1.54, 1.807) is 0 Å². The molecule has 0 N–H and O–H groups in total. The van der Waals surface area contributed by atoms with E-state index in [1.165, 1.54) is 27.8 Å². The van der Waals surface area contributed by atoms with Gasteiger partial charge in [0.2, 0.25) is 0 Å². The first-order chi connectivity index (χ1) is 9.25. The fourth-order valence-corrected chi connectivity index (χ4v) is 3.40. The molecule has 0 aliphatic heterocycles. The van der Waals surface area contributed by atoms with Crippen LogP contribution in [-0.2, 0) is 6.42 Å². The Morgan fingerprint density at radius 3 is 2.84 bits per heavy atom. The quantitative estimate of drug-likeness (QED) is 0.582. The van der Waals surface area contributed by atoms with Crippen LogP contribution in [0.2, 0.25) is 0 Å². The maximum atomic E-state index is 12.2. The van der Waals surface area contributed by atoms with Gasteiger partial charge >= 0.3 is 0 Å². The monoisotopic (exact) mass is 246 g/mol. The van der Waals surface area contributed by atoms with E-state index >= 15 is 0 Å². The molecule has 1 nitrogen and oxygen atoms in total. The van der Waals surface area contributed by atoms with Crippen molar-refractivity contribution in [1.82, 2.24) is 0 Å². The van der Waals surface area contributed by atoms with E-state index in [-0.39, 0.29) is 5.78 Å². The van der Waals surface area contributed by atoms with E-state index < -0.39 is 0 Å². The number of carbonyl (C=O) groups is 1. The summed E-state index contributed by atoms with van der Waals surface area (Å²) in [6, 6.07) is 10.7. The fourth-order valence-electron chi connectivity index (χ4n) is 3.40. The molecule has 0 heterocycles. The number of ketones is 1. The van der Waals surface area contributed by atoms with Crippen LogP contribution in [-0.4, -0.2) is 5.78 Å². The number of aryl methyl sites for hydroxylation is 1. The molecule has 1 heteroatoms. The highest BCUT2D eigenvalue weighted by Gasteiger charge is 2.27. The maximum absolute atomic E-state index is 12.2. The Balaban J connectivity index is 2.05. The number of benzene rings is 2. The summed E-state index contributed by atoms with van der Waals surface area (Å²) in [5.41, 5.74) is 8.52. The second kappa shape index (κ2) is 3.67. The molecule has 4 rings (SSSR count). The first-order valence-corrected chi connectivity index (χ1v) is 6.70. The molecule has 0 fully saturated rings. The van der Waals surface area contributed by atoms with Gasteiger partial charge in [-0.2, -0.15) is 0 Å². The van der Waals surface area contributed by atoms with Crippen LogP contribution in [0.3, 0.4) is 0 Å². The van der Waals surface area contributed by atoms with Gasteiger partial charge in [0.25, 0.3) is 0 Å². The summed E-state index contributed by atoms with van der Waals surface area (Å²) in [5, 5.41) is 0. The van der Waals surface area contributed by atoms with Gasteiger partial charge in [0.1, 0.15) is 0 Å². The van der Waals surface area contributed by atoms with Crippen LogP contribution in [0.25, 0.3) is 17.2 Å². The molecule has 0 atom stereocenters. The highest BCUT2D eigenvalue weighted by atomic mass is 16.1. The van der Waals surface area contributed by atoms with Crippen molar-refractivity contribution in [2.75, 3.05) is 0 Å². The Hall–Kier alpha value is -2.15. The van der Waals surface area contributed by atoms with Crippen molar-refractivity contribution in [2.24, 2.45) is 0 Å². The molecule has 2 aromatic carbocycles. The third-order valence-corrected chi connectivity index (χ3v) is 4.22. The minimum Gasteiger partial charge on any atom is -0.294 e.